The largest absolute Gasteiger partial charge is 0.334 e. The fraction of sp³-hybridized carbons (Fsp3) is 0.643. The fourth-order valence-electron chi connectivity index (χ4n) is 1.91. The van der Waals surface area contributed by atoms with E-state index in [0.717, 1.165) is 6.42 Å². The number of hydrogen-bond acceptors (Lipinski definition) is 3. The zero-order valence-electron chi connectivity index (χ0n) is 11.7. The Labute approximate surface area is 114 Å². The third kappa shape index (κ3) is 4.42. The van der Waals surface area contributed by atoms with Gasteiger partial charge in [-0.25, -0.2) is 0 Å². The maximum atomic E-state index is 12.4. The van der Waals surface area contributed by atoms with Crippen LogP contribution in [0, 0.1) is 5.92 Å². The third-order valence-corrected chi connectivity index (χ3v) is 3.72. The summed E-state index contributed by atoms with van der Waals surface area (Å²) in [6.07, 6.45) is 0.743. The van der Waals surface area contributed by atoms with Crippen molar-refractivity contribution in [1.82, 2.24) is 4.90 Å². The van der Waals surface area contributed by atoms with Gasteiger partial charge in [-0.2, -0.15) is 0 Å². The van der Waals surface area contributed by atoms with Gasteiger partial charge in [0.1, 0.15) is 0 Å². The van der Waals surface area contributed by atoms with Crippen LogP contribution in [0.5, 0.6) is 0 Å². The van der Waals surface area contributed by atoms with E-state index in [1.165, 1.54) is 4.88 Å². The summed E-state index contributed by atoms with van der Waals surface area (Å²) in [6.45, 7) is 8.92. The van der Waals surface area contributed by atoms with E-state index in [4.69, 9.17) is 5.73 Å². The number of nitrogens with two attached hydrogens (primary N) is 1. The molecule has 0 bridgehead atoms. The van der Waals surface area contributed by atoms with E-state index in [0.29, 0.717) is 12.5 Å². The van der Waals surface area contributed by atoms with E-state index >= 15 is 0 Å². The molecule has 0 saturated carbocycles. The highest BCUT2D eigenvalue weighted by Gasteiger charge is 2.24. The Morgan fingerprint density at radius 3 is 2.50 bits per heavy atom. The molecule has 102 valence electrons. The summed E-state index contributed by atoms with van der Waals surface area (Å²) in [7, 11) is 0. The van der Waals surface area contributed by atoms with Gasteiger partial charge in [-0.1, -0.05) is 19.9 Å². The van der Waals surface area contributed by atoms with Crippen LogP contribution in [0.3, 0.4) is 0 Å². The molecule has 0 aromatic carbocycles. The van der Waals surface area contributed by atoms with E-state index < -0.39 is 0 Å². The lowest BCUT2D eigenvalue weighted by Gasteiger charge is -2.29. The molecular formula is C14H24N2OS. The molecule has 3 nitrogen and oxygen atoms in total. The lowest BCUT2D eigenvalue weighted by molar-refractivity contribution is -0.135. The third-order valence-electron chi connectivity index (χ3n) is 2.86. The summed E-state index contributed by atoms with van der Waals surface area (Å²) < 4.78 is 0. The second-order valence-corrected chi connectivity index (χ2v) is 6.41. The number of rotatable bonds is 6. The molecule has 0 saturated heterocycles. The first-order valence-corrected chi connectivity index (χ1v) is 7.38. The lowest BCUT2D eigenvalue weighted by atomic mass is 10.0. The summed E-state index contributed by atoms with van der Waals surface area (Å²) in [4.78, 5) is 15.4. The van der Waals surface area contributed by atoms with Gasteiger partial charge in [-0.05, 0) is 37.6 Å². The van der Waals surface area contributed by atoms with Gasteiger partial charge in [0.2, 0.25) is 5.91 Å². The Morgan fingerprint density at radius 2 is 2.06 bits per heavy atom. The summed E-state index contributed by atoms with van der Waals surface area (Å²) in [5.74, 6) is 0.506. The van der Waals surface area contributed by atoms with Crippen LogP contribution in [-0.4, -0.2) is 22.9 Å². The van der Waals surface area contributed by atoms with Gasteiger partial charge in [0.15, 0.2) is 0 Å². The summed E-state index contributed by atoms with van der Waals surface area (Å²) in [5, 5.41) is 2.03. The van der Waals surface area contributed by atoms with Gasteiger partial charge in [0.25, 0.3) is 0 Å². The van der Waals surface area contributed by atoms with Crippen molar-refractivity contribution in [2.45, 2.75) is 52.7 Å². The minimum Gasteiger partial charge on any atom is -0.334 e. The first-order valence-electron chi connectivity index (χ1n) is 6.50. The van der Waals surface area contributed by atoms with Gasteiger partial charge in [0, 0.05) is 10.9 Å². The van der Waals surface area contributed by atoms with Gasteiger partial charge in [-0.15, -0.1) is 11.3 Å². The van der Waals surface area contributed by atoms with Crippen LogP contribution >= 0.6 is 11.3 Å². The first-order chi connectivity index (χ1) is 8.41. The minimum absolute atomic E-state index is 0.0621. The number of nitrogens with zero attached hydrogens (tertiary/aromatic N) is 1. The summed E-state index contributed by atoms with van der Waals surface area (Å²) in [5.41, 5.74) is 6.00. The van der Waals surface area contributed by atoms with Gasteiger partial charge >= 0.3 is 0 Å². The van der Waals surface area contributed by atoms with Crippen molar-refractivity contribution in [3.8, 4) is 0 Å². The van der Waals surface area contributed by atoms with E-state index in [1.807, 2.05) is 30.2 Å². The molecule has 1 rings (SSSR count). The van der Waals surface area contributed by atoms with Crippen molar-refractivity contribution in [3.05, 3.63) is 22.4 Å². The van der Waals surface area contributed by atoms with Crippen LogP contribution in [0.25, 0.3) is 0 Å². The highest BCUT2D eigenvalue weighted by molar-refractivity contribution is 7.09. The normalized spacial score (nSPS) is 13.1. The van der Waals surface area contributed by atoms with E-state index in [-0.39, 0.29) is 18.0 Å². The van der Waals surface area contributed by atoms with Crippen LogP contribution < -0.4 is 5.73 Å². The topological polar surface area (TPSA) is 46.3 Å². The molecule has 18 heavy (non-hydrogen) atoms. The molecule has 4 heteroatoms. The summed E-state index contributed by atoms with van der Waals surface area (Å²) >= 11 is 1.68. The molecule has 0 aliphatic rings. The van der Waals surface area contributed by atoms with Crippen molar-refractivity contribution in [1.29, 1.82) is 0 Å². The van der Waals surface area contributed by atoms with E-state index in [2.05, 4.69) is 19.9 Å². The van der Waals surface area contributed by atoms with E-state index in [9.17, 15) is 4.79 Å². The van der Waals surface area contributed by atoms with Crippen molar-refractivity contribution in [2.24, 2.45) is 11.7 Å². The number of hydrogen-bond donors (Lipinski definition) is 1. The smallest absolute Gasteiger partial charge is 0.240 e. The molecule has 0 aliphatic heterocycles. The molecule has 0 radical (unpaired) electrons. The second-order valence-electron chi connectivity index (χ2n) is 5.38. The molecule has 1 atom stereocenters. The highest BCUT2D eigenvalue weighted by Crippen LogP contribution is 2.16. The van der Waals surface area contributed by atoms with Gasteiger partial charge < -0.3 is 10.6 Å². The molecule has 1 amide bonds. The maximum Gasteiger partial charge on any atom is 0.240 e. The molecule has 1 aromatic heterocycles. The average molecular weight is 268 g/mol. The minimum atomic E-state index is -0.382. The predicted octanol–water partition coefficient (Wildman–Crippen LogP) is 2.86. The molecule has 0 unspecified atom stereocenters. The first kappa shape index (κ1) is 15.2. The molecule has 1 heterocycles. The van der Waals surface area contributed by atoms with Crippen LogP contribution in [0.2, 0.25) is 0 Å². The standard InChI is InChI=1S/C14H24N2OS/c1-10(2)8-13(15)14(17)16(11(3)4)9-12-6-5-7-18-12/h5-7,10-11,13H,8-9,15H2,1-4H3/t13-/m0/s1. The van der Waals surface area contributed by atoms with Gasteiger partial charge in [0.05, 0.1) is 12.6 Å². The Kier molecular flexibility index (Phi) is 5.82. The quantitative estimate of drug-likeness (QED) is 0.862. The number of carbonyl (C=O) groups excluding carboxylic acids is 1. The number of thiophene rings is 1. The molecule has 0 spiro atoms. The fourth-order valence-corrected chi connectivity index (χ4v) is 2.61. The van der Waals surface area contributed by atoms with Gasteiger partial charge in [-0.3, -0.25) is 4.79 Å². The van der Waals surface area contributed by atoms with Crippen LogP contribution in [0.1, 0.15) is 39.0 Å². The Morgan fingerprint density at radius 1 is 1.39 bits per heavy atom. The van der Waals surface area contributed by atoms with Crippen molar-refractivity contribution in [2.75, 3.05) is 0 Å². The van der Waals surface area contributed by atoms with Crippen LogP contribution in [-0.2, 0) is 11.3 Å². The van der Waals surface area contributed by atoms with Crippen molar-refractivity contribution < 1.29 is 4.79 Å². The van der Waals surface area contributed by atoms with Crippen molar-refractivity contribution in [3.63, 3.8) is 0 Å². The second kappa shape index (κ2) is 6.90. The zero-order valence-corrected chi connectivity index (χ0v) is 12.5. The van der Waals surface area contributed by atoms with Crippen LogP contribution in [0.15, 0.2) is 17.5 Å². The predicted molar refractivity (Wildman–Crippen MR) is 77.4 cm³/mol. The molecule has 0 fully saturated rings. The molecular weight excluding hydrogens is 244 g/mol. The lowest BCUT2D eigenvalue weighted by Crippen LogP contribution is -2.46. The SMILES string of the molecule is CC(C)C[C@H](N)C(=O)N(Cc1cccs1)C(C)C. The maximum absolute atomic E-state index is 12.4. The summed E-state index contributed by atoms with van der Waals surface area (Å²) in [6, 6.07) is 3.86. The highest BCUT2D eigenvalue weighted by atomic mass is 32.1. The zero-order chi connectivity index (χ0) is 13.7. The Bertz CT molecular complexity index is 360. The number of amides is 1. The Hall–Kier alpha value is -0.870. The average Bonchev–Trinajstić information content (AvgIpc) is 2.76. The number of carbonyl (C=O) groups is 1. The molecule has 2 N–H and O–H groups in total. The molecule has 1 aromatic rings. The van der Waals surface area contributed by atoms with Crippen molar-refractivity contribution >= 4 is 17.2 Å². The Balaban J connectivity index is 2.69. The monoisotopic (exact) mass is 268 g/mol. The molecule has 0 aliphatic carbocycles. The van der Waals surface area contributed by atoms with Crippen LogP contribution in [0.4, 0.5) is 0 Å². The van der Waals surface area contributed by atoms with E-state index in [1.54, 1.807) is 11.3 Å².